The molecule has 0 aliphatic rings. The fourth-order valence-electron chi connectivity index (χ4n) is 1.30. The maximum atomic E-state index is 11.1. The van der Waals surface area contributed by atoms with Crippen LogP contribution >= 0.6 is 11.3 Å². The van der Waals surface area contributed by atoms with Gasteiger partial charge in [0.2, 0.25) is 0 Å². The summed E-state index contributed by atoms with van der Waals surface area (Å²) in [4.78, 5) is 15.9. The number of nitrogens with two attached hydrogens (primary N) is 1. The zero-order valence-electron chi connectivity index (χ0n) is 10.1. The largest absolute Gasteiger partial charge is 0.477 e. The summed E-state index contributed by atoms with van der Waals surface area (Å²) >= 11 is 1.24. The van der Waals surface area contributed by atoms with E-state index in [1.165, 1.54) is 11.3 Å². The minimum atomic E-state index is -0.905. The molecule has 0 amide bonds. The molecule has 1 aromatic heterocycles. The van der Waals surface area contributed by atoms with Crippen LogP contribution in [-0.4, -0.2) is 22.6 Å². The number of carboxylic acid groups (broad SMARTS) is 1. The molecule has 0 aliphatic heterocycles. The Morgan fingerprint density at radius 2 is 2.12 bits per heavy atom. The van der Waals surface area contributed by atoms with Crippen LogP contribution in [0.3, 0.4) is 0 Å². The number of aromatic carboxylic acids is 1. The Labute approximate surface area is 99.5 Å². The van der Waals surface area contributed by atoms with Crippen molar-refractivity contribution < 1.29 is 9.90 Å². The lowest BCUT2D eigenvalue weighted by molar-refractivity contribution is 0.0699. The highest BCUT2D eigenvalue weighted by Crippen LogP contribution is 2.32. The van der Waals surface area contributed by atoms with Gasteiger partial charge in [0.1, 0.15) is 4.88 Å². The second-order valence-corrected chi connectivity index (χ2v) is 5.95. The molecule has 1 aromatic rings. The van der Waals surface area contributed by atoms with Gasteiger partial charge in [-0.2, -0.15) is 0 Å². The summed E-state index contributed by atoms with van der Waals surface area (Å²) in [5.41, 5.74) is 5.97. The van der Waals surface area contributed by atoms with Gasteiger partial charge < -0.3 is 10.8 Å². The minimum Gasteiger partial charge on any atom is -0.477 e. The molecule has 0 aliphatic carbocycles. The van der Waals surface area contributed by atoms with E-state index in [2.05, 4.69) is 4.98 Å². The van der Waals surface area contributed by atoms with Crippen molar-refractivity contribution in [2.45, 2.75) is 39.0 Å². The van der Waals surface area contributed by atoms with E-state index in [4.69, 9.17) is 10.8 Å². The third-order valence-corrected chi connectivity index (χ3v) is 3.60. The summed E-state index contributed by atoms with van der Waals surface area (Å²) in [6.07, 6.45) is 0. The Morgan fingerprint density at radius 3 is 2.44 bits per heavy atom. The first-order valence-corrected chi connectivity index (χ1v) is 6.03. The highest BCUT2D eigenvalue weighted by Gasteiger charge is 2.27. The van der Waals surface area contributed by atoms with Crippen LogP contribution in [0.4, 0.5) is 0 Å². The first-order chi connectivity index (χ1) is 7.27. The monoisotopic (exact) mass is 242 g/mol. The molecule has 5 heteroatoms. The molecular formula is C11H18N2O2S. The molecule has 0 radical (unpaired) electrons. The van der Waals surface area contributed by atoms with Crippen molar-refractivity contribution in [3.8, 4) is 0 Å². The Bertz CT molecular complexity index is 393. The maximum absolute atomic E-state index is 11.1. The molecule has 90 valence electrons. The van der Waals surface area contributed by atoms with Crippen LogP contribution in [0.5, 0.6) is 0 Å². The van der Waals surface area contributed by atoms with Gasteiger partial charge in [0, 0.05) is 17.9 Å². The molecule has 1 rings (SSSR count). The van der Waals surface area contributed by atoms with E-state index in [0.29, 0.717) is 17.1 Å². The number of hydrogen-bond acceptors (Lipinski definition) is 4. The smallest absolute Gasteiger partial charge is 0.347 e. The quantitative estimate of drug-likeness (QED) is 0.852. The van der Waals surface area contributed by atoms with Gasteiger partial charge >= 0.3 is 5.97 Å². The number of carbonyl (C=O) groups is 1. The van der Waals surface area contributed by atoms with Crippen molar-refractivity contribution in [3.05, 3.63) is 15.6 Å². The van der Waals surface area contributed by atoms with E-state index in [-0.39, 0.29) is 11.3 Å². The second-order valence-electron chi connectivity index (χ2n) is 4.92. The molecule has 0 saturated carbocycles. The zero-order valence-corrected chi connectivity index (χ0v) is 10.9. The number of carboxylic acids is 1. The van der Waals surface area contributed by atoms with Crippen molar-refractivity contribution in [1.29, 1.82) is 0 Å². The van der Waals surface area contributed by atoms with Crippen molar-refractivity contribution in [1.82, 2.24) is 4.98 Å². The van der Waals surface area contributed by atoms with E-state index >= 15 is 0 Å². The summed E-state index contributed by atoms with van der Waals surface area (Å²) in [7, 11) is 0. The van der Waals surface area contributed by atoms with Gasteiger partial charge in [0.05, 0.1) is 10.7 Å². The summed E-state index contributed by atoms with van der Waals surface area (Å²) in [5.74, 6) is -0.794. The van der Waals surface area contributed by atoms with Crippen LogP contribution in [0.25, 0.3) is 0 Å². The third-order valence-electron chi connectivity index (χ3n) is 2.32. The average molecular weight is 242 g/mol. The number of aromatic nitrogens is 1. The molecule has 0 bridgehead atoms. The predicted molar refractivity (Wildman–Crippen MR) is 65.2 cm³/mol. The highest BCUT2D eigenvalue weighted by molar-refractivity contribution is 7.13. The normalized spacial score (nSPS) is 13.8. The molecule has 16 heavy (non-hydrogen) atoms. The molecule has 1 atom stereocenters. The molecule has 0 aromatic carbocycles. The molecule has 1 heterocycles. The molecular weight excluding hydrogens is 224 g/mol. The third kappa shape index (κ3) is 2.59. The van der Waals surface area contributed by atoms with E-state index in [1.54, 1.807) is 0 Å². The van der Waals surface area contributed by atoms with E-state index in [9.17, 15) is 4.79 Å². The van der Waals surface area contributed by atoms with Crippen molar-refractivity contribution in [2.24, 2.45) is 5.73 Å². The fraction of sp³-hybridized carbons (Fsp3) is 0.636. The Morgan fingerprint density at radius 1 is 1.56 bits per heavy atom. The van der Waals surface area contributed by atoms with Crippen LogP contribution in [0, 0.1) is 0 Å². The van der Waals surface area contributed by atoms with Gasteiger partial charge in [-0.05, 0) is 0 Å². The molecule has 3 N–H and O–H groups in total. The fourth-order valence-corrected chi connectivity index (χ4v) is 2.48. The lowest BCUT2D eigenvalue weighted by Gasteiger charge is -2.16. The van der Waals surface area contributed by atoms with E-state index < -0.39 is 5.97 Å². The average Bonchev–Trinajstić information content (AvgIpc) is 2.60. The van der Waals surface area contributed by atoms with Crippen LogP contribution in [-0.2, 0) is 5.41 Å². The zero-order chi connectivity index (χ0) is 12.5. The lowest BCUT2D eigenvalue weighted by Crippen LogP contribution is -2.16. The number of hydrogen-bond donors (Lipinski definition) is 2. The summed E-state index contributed by atoms with van der Waals surface area (Å²) in [6.45, 7) is 8.33. The van der Waals surface area contributed by atoms with Gasteiger partial charge in [-0.15, -0.1) is 11.3 Å². The van der Waals surface area contributed by atoms with E-state index in [1.807, 2.05) is 27.7 Å². The number of thiazole rings is 1. The van der Waals surface area contributed by atoms with Crippen LogP contribution < -0.4 is 5.73 Å². The minimum absolute atomic E-state index is 0.110. The first-order valence-electron chi connectivity index (χ1n) is 5.22. The number of rotatable bonds is 3. The SMILES string of the molecule is CC(CN)c1nc(C(C)(C)C)c(C(=O)O)s1. The second kappa shape index (κ2) is 4.51. The van der Waals surface area contributed by atoms with Gasteiger partial charge in [-0.25, -0.2) is 9.78 Å². The summed E-state index contributed by atoms with van der Waals surface area (Å²) < 4.78 is 0. The maximum Gasteiger partial charge on any atom is 0.347 e. The van der Waals surface area contributed by atoms with Crippen molar-refractivity contribution in [2.75, 3.05) is 6.54 Å². The predicted octanol–water partition coefficient (Wildman–Crippen LogP) is 2.20. The summed E-state index contributed by atoms with van der Waals surface area (Å²) in [6, 6.07) is 0. The first kappa shape index (κ1) is 13.1. The Kier molecular flexibility index (Phi) is 3.70. The molecule has 0 saturated heterocycles. The summed E-state index contributed by atoms with van der Waals surface area (Å²) in [5, 5.41) is 9.95. The molecule has 0 spiro atoms. The van der Waals surface area contributed by atoms with Gasteiger partial charge in [-0.3, -0.25) is 0 Å². The Hall–Kier alpha value is -0.940. The van der Waals surface area contributed by atoms with Gasteiger partial charge in [-0.1, -0.05) is 27.7 Å². The van der Waals surface area contributed by atoms with Crippen LogP contribution in [0.1, 0.15) is 54.0 Å². The van der Waals surface area contributed by atoms with Crippen molar-refractivity contribution in [3.63, 3.8) is 0 Å². The molecule has 1 unspecified atom stereocenters. The Balaban J connectivity index is 3.26. The number of nitrogens with zero attached hydrogens (tertiary/aromatic N) is 1. The van der Waals surface area contributed by atoms with Gasteiger partial charge in [0.15, 0.2) is 0 Å². The van der Waals surface area contributed by atoms with Crippen LogP contribution in [0.15, 0.2) is 0 Å². The topological polar surface area (TPSA) is 76.2 Å². The lowest BCUT2D eigenvalue weighted by atomic mass is 9.91. The van der Waals surface area contributed by atoms with Crippen molar-refractivity contribution >= 4 is 17.3 Å². The van der Waals surface area contributed by atoms with Gasteiger partial charge in [0.25, 0.3) is 0 Å². The molecule has 4 nitrogen and oxygen atoms in total. The van der Waals surface area contributed by atoms with Crippen LogP contribution in [0.2, 0.25) is 0 Å². The standard InChI is InChI=1S/C11H18N2O2S/c1-6(5-12)9-13-8(11(2,3)4)7(16-9)10(14)15/h6H,5,12H2,1-4H3,(H,14,15). The highest BCUT2D eigenvalue weighted by atomic mass is 32.1. The van der Waals surface area contributed by atoms with E-state index in [0.717, 1.165) is 5.01 Å². The molecule has 0 fully saturated rings.